The van der Waals surface area contributed by atoms with Crippen molar-refractivity contribution in [3.8, 4) is 0 Å². The summed E-state index contributed by atoms with van der Waals surface area (Å²) in [6.07, 6.45) is 3.72. The molecule has 0 spiro atoms. The number of aliphatic hydroxyl groups excluding tert-OH is 1. The van der Waals surface area contributed by atoms with Crippen LogP contribution in [0.25, 0.3) is 0 Å². The number of hydrogen-bond donors (Lipinski definition) is 1. The lowest BCUT2D eigenvalue weighted by Crippen LogP contribution is -2.36. The van der Waals surface area contributed by atoms with Gasteiger partial charge in [0.2, 0.25) is 5.91 Å². The maximum absolute atomic E-state index is 12.2. The SMILES string of the molecule is CCCOCC(O)CCN1C(=O)CSC1CCCc1ccc(C(=O)OCC)cc1. The Hall–Kier alpha value is -1.57. The molecule has 1 saturated heterocycles. The van der Waals surface area contributed by atoms with Crippen LogP contribution in [0, 0.1) is 0 Å². The van der Waals surface area contributed by atoms with E-state index in [9.17, 15) is 14.7 Å². The van der Waals surface area contributed by atoms with Gasteiger partial charge in [0.05, 0.1) is 36.0 Å². The normalized spacial score (nSPS) is 17.6. The lowest BCUT2D eigenvalue weighted by atomic mass is 10.1. The molecular weight excluding hydrogens is 390 g/mol. The summed E-state index contributed by atoms with van der Waals surface area (Å²) in [7, 11) is 0. The number of carbonyl (C=O) groups excluding carboxylic acids is 2. The molecule has 162 valence electrons. The van der Waals surface area contributed by atoms with Gasteiger partial charge in [-0.3, -0.25) is 4.79 Å². The zero-order valence-electron chi connectivity index (χ0n) is 17.5. The Morgan fingerprint density at radius 2 is 2.07 bits per heavy atom. The number of benzene rings is 1. The highest BCUT2D eigenvalue weighted by molar-refractivity contribution is 8.00. The molecule has 1 aromatic carbocycles. The minimum Gasteiger partial charge on any atom is -0.462 e. The second kappa shape index (κ2) is 12.9. The third-order valence-corrected chi connectivity index (χ3v) is 6.10. The van der Waals surface area contributed by atoms with Crippen molar-refractivity contribution < 1.29 is 24.2 Å². The zero-order chi connectivity index (χ0) is 21.1. The van der Waals surface area contributed by atoms with Crippen LogP contribution in [0.15, 0.2) is 24.3 Å². The Labute approximate surface area is 177 Å². The second-order valence-electron chi connectivity index (χ2n) is 7.18. The second-order valence-corrected chi connectivity index (χ2v) is 8.35. The number of amides is 1. The summed E-state index contributed by atoms with van der Waals surface area (Å²) in [6.45, 7) is 5.75. The summed E-state index contributed by atoms with van der Waals surface area (Å²) in [5, 5.41) is 10.2. The van der Waals surface area contributed by atoms with Crippen LogP contribution < -0.4 is 0 Å². The Morgan fingerprint density at radius 3 is 2.76 bits per heavy atom. The first kappa shape index (κ1) is 23.7. The van der Waals surface area contributed by atoms with Gasteiger partial charge in [-0.1, -0.05) is 19.1 Å². The maximum atomic E-state index is 12.2. The van der Waals surface area contributed by atoms with Crippen molar-refractivity contribution in [2.75, 3.05) is 32.1 Å². The summed E-state index contributed by atoms with van der Waals surface area (Å²) < 4.78 is 10.4. The first-order valence-electron chi connectivity index (χ1n) is 10.5. The van der Waals surface area contributed by atoms with Gasteiger partial charge in [-0.15, -0.1) is 11.8 Å². The van der Waals surface area contributed by atoms with Gasteiger partial charge in [0, 0.05) is 13.2 Å². The number of ether oxygens (including phenoxy) is 2. The van der Waals surface area contributed by atoms with Crippen LogP contribution in [0.3, 0.4) is 0 Å². The fourth-order valence-corrected chi connectivity index (χ4v) is 4.48. The van der Waals surface area contributed by atoms with Gasteiger partial charge in [0.1, 0.15) is 0 Å². The van der Waals surface area contributed by atoms with Crippen molar-refractivity contribution in [3.63, 3.8) is 0 Å². The van der Waals surface area contributed by atoms with Crippen molar-refractivity contribution in [1.82, 2.24) is 4.90 Å². The zero-order valence-corrected chi connectivity index (χ0v) is 18.3. The Balaban J connectivity index is 1.74. The minimum absolute atomic E-state index is 0.153. The molecule has 0 saturated carbocycles. The fourth-order valence-electron chi connectivity index (χ4n) is 3.25. The molecule has 2 unspecified atom stereocenters. The molecule has 0 radical (unpaired) electrons. The van der Waals surface area contributed by atoms with Crippen LogP contribution in [0.5, 0.6) is 0 Å². The highest BCUT2D eigenvalue weighted by Crippen LogP contribution is 2.29. The molecule has 0 aliphatic carbocycles. The molecule has 1 aromatic rings. The van der Waals surface area contributed by atoms with Crippen LogP contribution in [0.4, 0.5) is 0 Å². The molecule has 1 aliphatic heterocycles. The Morgan fingerprint density at radius 1 is 1.31 bits per heavy atom. The van der Waals surface area contributed by atoms with Crippen LogP contribution in [0.1, 0.15) is 55.5 Å². The maximum Gasteiger partial charge on any atom is 0.338 e. The summed E-state index contributed by atoms with van der Waals surface area (Å²) in [5.74, 6) is 0.375. The lowest BCUT2D eigenvalue weighted by molar-refractivity contribution is -0.128. The number of thioether (sulfide) groups is 1. The van der Waals surface area contributed by atoms with Gasteiger partial charge in [0.25, 0.3) is 0 Å². The van der Waals surface area contributed by atoms with Crippen molar-refractivity contribution in [3.05, 3.63) is 35.4 Å². The lowest BCUT2D eigenvalue weighted by Gasteiger charge is -2.25. The summed E-state index contributed by atoms with van der Waals surface area (Å²) in [6, 6.07) is 7.53. The average molecular weight is 424 g/mol. The van der Waals surface area contributed by atoms with Crippen molar-refractivity contribution in [1.29, 1.82) is 0 Å². The summed E-state index contributed by atoms with van der Waals surface area (Å²) in [5.41, 5.74) is 1.74. The van der Waals surface area contributed by atoms with Crippen LogP contribution in [0.2, 0.25) is 0 Å². The van der Waals surface area contributed by atoms with E-state index in [4.69, 9.17) is 9.47 Å². The highest BCUT2D eigenvalue weighted by Gasteiger charge is 2.31. The molecule has 29 heavy (non-hydrogen) atoms. The number of nitrogens with zero attached hydrogens (tertiary/aromatic N) is 1. The molecular formula is C22H33NO5S. The predicted molar refractivity (Wildman–Crippen MR) is 115 cm³/mol. The fraction of sp³-hybridized carbons (Fsp3) is 0.636. The number of aryl methyl sites for hydroxylation is 1. The van der Waals surface area contributed by atoms with Crippen LogP contribution >= 0.6 is 11.8 Å². The smallest absolute Gasteiger partial charge is 0.338 e. The van der Waals surface area contributed by atoms with E-state index in [0.717, 1.165) is 25.7 Å². The highest BCUT2D eigenvalue weighted by atomic mass is 32.2. The molecule has 7 heteroatoms. The van der Waals surface area contributed by atoms with E-state index in [1.807, 2.05) is 24.0 Å². The van der Waals surface area contributed by atoms with Gasteiger partial charge < -0.3 is 19.5 Å². The van der Waals surface area contributed by atoms with Crippen molar-refractivity contribution in [2.24, 2.45) is 0 Å². The van der Waals surface area contributed by atoms with Crippen LogP contribution in [-0.4, -0.2) is 65.5 Å². The monoisotopic (exact) mass is 423 g/mol. The van der Waals surface area contributed by atoms with E-state index in [1.165, 1.54) is 5.56 Å². The van der Waals surface area contributed by atoms with E-state index in [-0.39, 0.29) is 17.3 Å². The largest absolute Gasteiger partial charge is 0.462 e. The van der Waals surface area contributed by atoms with Gasteiger partial charge in [-0.25, -0.2) is 4.79 Å². The van der Waals surface area contributed by atoms with Crippen molar-refractivity contribution in [2.45, 2.75) is 57.4 Å². The molecule has 2 rings (SSSR count). The van der Waals surface area contributed by atoms with Crippen LogP contribution in [-0.2, 0) is 20.7 Å². The Bertz CT molecular complexity index is 637. The molecule has 1 N–H and O–H groups in total. The van der Waals surface area contributed by atoms with Gasteiger partial charge in [0.15, 0.2) is 0 Å². The number of carbonyl (C=O) groups is 2. The minimum atomic E-state index is -0.529. The quantitative estimate of drug-likeness (QED) is 0.388. The van der Waals surface area contributed by atoms with E-state index >= 15 is 0 Å². The van der Waals surface area contributed by atoms with Gasteiger partial charge >= 0.3 is 5.97 Å². The van der Waals surface area contributed by atoms with E-state index < -0.39 is 6.10 Å². The van der Waals surface area contributed by atoms with Gasteiger partial charge in [-0.05, 0) is 56.7 Å². The molecule has 1 aliphatic rings. The predicted octanol–water partition coefficient (Wildman–Crippen LogP) is 3.27. The number of hydrogen-bond acceptors (Lipinski definition) is 6. The molecule has 0 aromatic heterocycles. The van der Waals surface area contributed by atoms with E-state index in [2.05, 4.69) is 0 Å². The van der Waals surface area contributed by atoms with Crippen molar-refractivity contribution >= 4 is 23.6 Å². The number of esters is 1. The first-order chi connectivity index (χ1) is 14.0. The van der Waals surface area contributed by atoms with Gasteiger partial charge in [-0.2, -0.15) is 0 Å². The molecule has 1 amide bonds. The number of rotatable bonds is 13. The third kappa shape index (κ3) is 7.99. The summed E-state index contributed by atoms with van der Waals surface area (Å²) >= 11 is 1.68. The standard InChI is InChI=1S/C22H33NO5S/c1-3-14-27-15-19(24)12-13-23-20(25)16-29-21(23)7-5-6-17-8-10-18(11-9-17)22(26)28-4-2/h8-11,19,21,24H,3-7,12-16H2,1-2H3. The molecule has 6 nitrogen and oxygen atoms in total. The molecule has 0 bridgehead atoms. The van der Waals surface area contributed by atoms with E-state index in [0.29, 0.717) is 44.1 Å². The molecule has 1 fully saturated rings. The number of aliphatic hydroxyl groups is 1. The summed E-state index contributed by atoms with van der Waals surface area (Å²) in [4.78, 5) is 25.8. The average Bonchev–Trinajstić information content (AvgIpc) is 3.07. The first-order valence-corrected chi connectivity index (χ1v) is 11.5. The topological polar surface area (TPSA) is 76.1 Å². The van der Waals surface area contributed by atoms with E-state index in [1.54, 1.807) is 30.8 Å². The molecule has 1 heterocycles. The third-order valence-electron chi connectivity index (χ3n) is 4.81. The molecule has 2 atom stereocenters. The Kier molecular flexibility index (Phi) is 10.5.